The van der Waals surface area contributed by atoms with E-state index in [-0.39, 0.29) is 17.5 Å². The van der Waals surface area contributed by atoms with E-state index in [1.807, 2.05) is 62.4 Å². The summed E-state index contributed by atoms with van der Waals surface area (Å²) < 4.78 is 12.0. The maximum atomic E-state index is 12.7. The third-order valence-corrected chi connectivity index (χ3v) is 6.08. The van der Waals surface area contributed by atoms with Crippen molar-refractivity contribution in [3.8, 4) is 11.5 Å². The number of nitrogens with one attached hydrogen (secondary N) is 1. The van der Waals surface area contributed by atoms with Crippen molar-refractivity contribution < 1.29 is 14.3 Å². The second-order valence-corrected chi connectivity index (χ2v) is 8.61. The molecule has 1 atom stereocenters. The predicted octanol–water partition coefficient (Wildman–Crippen LogP) is 5.64. The minimum atomic E-state index is -0.442. The highest BCUT2D eigenvalue weighted by Crippen LogP contribution is 2.34. The molecule has 33 heavy (non-hydrogen) atoms. The van der Waals surface area contributed by atoms with E-state index in [2.05, 4.69) is 17.0 Å². The lowest BCUT2D eigenvalue weighted by Gasteiger charge is -2.20. The molecule has 7 nitrogen and oxygen atoms in total. The van der Waals surface area contributed by atoms with Crippen molar-refractivity contribution in [1.82, 2.24) is 5.01 Å². The molecule has 2 heterocycles. The molecule has 0 fully saturated rings. The standard InChI is InChI=1S/C25H26N4O3S/c1-4-9-22-28-29-23(26)19(24(30)27-25(29)33-22)14-17-12-13-20(21(15-17)31-5-2)32-16(3)18-10-7-6-8-11-18/h6-8,10-16,26H,4-5,9H2,1-3H3. The number of aliphatic imine (C=N–C) groups is 1. The number of hydrazone groups is 1. The number of amides is 1. The summed E-state index contributed by atoms with van der Waals surface area (Å²) in [6.07, 6.45) is 3.23. The van der Waals surface area contributed by atoms with Gasteiger partial charge in [0, 0.05) is 0 Å². The molecular formula is C25H26N4O3S. The zero-order valence-corrected chi connectivity index (χ0v) is 19.7. The van der Waals surface area contributed by atoms with Crippen molar-refractivity contribution in [3.05, 3.63) is 65.2 Å². The van der Waals surface area contributed by atoms with Gasteiger partial charge in [-0.25, -0.2) is 0 Å². The summed E-state index contributed by atoms with van der Waals surface area (Å²) in [5, 5.41) is 15.7. The van der Waals surface area contributed by atoms with Gasteiger partial charge >= 0.3 is 0 Å². The molecule has 0 bridgehead atoms. The maximum Gasteiger partial charge on any atom is 0.283 e. The van der Waals surface area contributed by atoms with Crippen LogP contribution in [-0.2, 0) is 4.79 Å². The highest BCUT2D eigenvalue weighted by Gasteiger charge is 2.35. The van der Waals surface area contributed by atoms with Gasteiger partial charge in [0.25, 0.3) is 5.91 Å². The molecule has 8 heteroatoms. The largest absolute Gasteiger partial charge is 0.490 e. The zero-order chi connectivity index (χ0) is 23.4. The third-order valence-electron chi connectivity index (χ3n) is 5.11. The number of benzene rings is 2. The number of fused-ring (bicyclic) bond motifs is 1. The normalized spacial score (nSPS) is 17.5. The van der Waals surface area contributed by atoms with E-state index < -0.39 is 5.91 Å². The van der Waals surface area contributed by atoms with Crippen molar-refractivity contribution in [1.29, 1.82) is 5.41 Å². The summed E-state index contributed by atoms with van der Waals surface area (Å²) >= 11 is 1.35. The van der Waals surface area contributed by atoms with Crippen LogP contribution in [0, 0.1) is 5.41 Å². The lowest BCUT2D eigenvalue weighted by molar-refractivity contribution is -0.114. The molecule has 0 saturated carbocycles. The first kappa shape index (κ1) is 22.8. The molecule has 170 valence electrons. The zero-order valence-electron chi connectivity index (χ0n) is 18.9. The molecule has 0 aliphatic carbocycles. The van der Waals surface area contributed by atoms with Crippen molar-refractivity contribution in [2.75, 3.05) is 6.61 Å². The van der Waals surface area contributed by atoms with E-state index in [0.717, 1.165) is 29.0 Å². The third kappa shape index (κ3) is 5.01. The highest BCUT2D eigenvalue weighted by molar-refractivity contribution is 8.26. The fraction of sp³-hybridized carbons (Fsp3) is 0.280. The quantitative estimate of drug-likeness (QED) is 0.513. The second kappa shape index (κ2) is 10.0. The van der Waals surface area contributed by atoms with Gasteiger partial charge in [-0.2, -0.15) is 15.1 Å². The second-order valence-electron chi connectivity index (χ2n) is 7.57. The van der Waals surface area contributed by atoms with Gasteiger partial charge in [0.05, 0.1) is 12.2 Å². The number of amidine groups is 2. The number of hydrogen-bond donors (Lipinski definition) is 1. The number of hydrogen-bond acceptors (Lipinski definition) is 6. The van der Waals surface area contributed by atoms with Crippen LogP contribution in [0.15, 0.2) is 64.2 Å². The molecule has 2 aromatic rings. The van der Waals surface area contributed by atoms with Gasteiger partial charge in [-0.3, -0.25) is 10.2 Å². The van der Waals surface area contributed by atoms with Crippen molar-refractivity contribution in [2.45, 2.75) is 39.7 Å². The highest BCUT2D eigenvalue weighted by atomic mass is 32.2. The first-order chi connectivity index (χ1) is 16.0. The monoisotopic (exact) mass is 462 g/mol. The summed E-state index contributed by atoms with van der Waals surface area (Å²) in [5.41, 5.74) is 1.97. The molecule has 4 rings (SSSR count). The van der Waals surface area contributed by atoms with Crippen molar-refractivity contribution >= 4 is 39.8 Å². The van der Waals surface area contributed by atoms with Gasteiger partial charge < -0.3 is 9.47 Å². The molecule has 2 aliphatic rings. The van der Waals surface area contributed by atoms with Crippen LogP contribution in [0.3, 0.4) is 0 Å². The van der Waals surface area contributed by atoms with Crippen molar-refractivity contribution in [3.63, 3.8) is 0 Å². The van der Waals surface area contributed by atoms with Gasteiger partial charge in [0.2, 0.25) is 5.17 Å². The molecule has 0 saturated heterocycles. The van der Waals surface area contributed by atoms with Crippen LogP contribution in [0.5, 0.6) is 11.5 Å². The van der Waals surface area contributed by atoms with Crippen LogP contribution >= 0.6 is 11.8 Å². The topological polar surface area (TPSA) is 87.3 Å². The van der Waals surface area contributed by atoms with E-state index in [1.165, 1.54) is 16.8 Å². The van der Waals surface area contributed by atoms with Crippen LogP contribution < -0.4 is 9.47 Å². The average molecular weight is 463 g/mol. The molecule has 1 unspecified atom stereocenters. The first-order valence-corrected chi connectivity index (χ1v) is 11.8. The molecule has 1 amide bonds. The van der Waals surface area contributed by atoms with Gasteiger partial charge in [-0.05, 0) is 67.8 Å². The maximum absolute atomic E-state index is 12.7. The fourth-order valence-corrected chi connectivity index (χ4v) is 4.46. The molecule has 0 spiro atoms. The van der Waals surface area contributed by atoms with Crippen LogP contribution in [-0.4, -0.2) is 33.6 Å². The molecule has 1 N–H and O–H groups in total. The summed E-state index contributed by atoms with van der Waals surface area (Å²) in [5.74, 6) is 0.779. The Balaban J connectivity index is 1.60. The van der Waals surface area contributed by atoms with E-state index in [9.17, 15) is 4.79 Å². The molecule has 2 aromatic carbocycles. The van der Waals surface area contributed by atoms with Crippen LogP contribution in [0.25, 0.3) is 6.08 Å². The van der Waals surface area contributed by atoms with E-state index in [4.69, 9.17) is 14.9 Å². The number of thioether (sulfide) groups is 1. The molecular weight excluding hydrogens is 436 g/mol. The molecule has 2 aliphatic heterocycles. The molecule has 0 radical (unpaired) electrons. The smallest absolute Gasteiger partial charge is 0.283 e. The number of rotatable bonds is 8. The minimum absolute atomic E-state index is 0.0274. The Hall–Kier alpha value is -3.39. The number of nitrogens with zero attached hydrogens (tertiary/aromatic N) is 3. The van der Waals surface area contributed by atoms with Crippen LogP contribution in [0.2, 0.25) is 0 Å². The Morgan fingerprint density at radius 1 is 1.15 bits per heavy atom. The minimum Gasteiger partial charge on any atom is -0.490 e. The number of ether oxygens (including phenoxy) is 2. The van der Waals surface area contributed by atoms with Gasteiger partial charge in [0.1, 0.15) is 11.1 Å². The van der Waals surface area contributed by atoms with E-state index in [0.29, 0.717) is 23.3 Å². The number of carbonyl (C=O) groups excluding carboxylic acids is 1. The SMILES string of the molecule is CCCC1=NN2C(=N)C(=Cc3ccc(OC(C)c4ccccc4)c(OCC)c3)C(=O)N=C2S1. The molecule has 0 aromatic heterocycles. The first-order valence-electron chi connectivity index (χ1n) is 11.0. The Labute approximate surface area is 197 Å². The summed E-state index contributed by atoms with van der Waals surface area (Å²) in [4.78, 5) is 16.8. The van der Waals surface area contributed by atoms with E-state index >= 15 is 0 Å². The van der Waals surface area contributed by atoms with Crippen LogP contribution in [0.1, 0.15) is 50.8 Å². The van der Waals surface area contributed by atoms with Gasteiger partial charge in [-0.15, -0.1) is 0 Å². The Morgan fingerprint density at radius 2 is 1.94 bits per heavy atom. The Bertz CT molecular complexity index is 1160. The average Bonchev–Trinajstić information content (AvgIpc) is 3.21. The van der Waals surface area contributed by atoms with Gasteiger partial charge in [0.15, 0.2) is 17.3 Å². The lowest BCUT2D eigenvalue weighted by atomic mass is 10.1. The summed E-state index contributed by atoms with van der Waals surface area (Å²) in [7, 11) is 0. The van der Waals surface area contributed by atoms with Gasteiger partial charge in [-0.1, -0.05) is 43.3 Å². The predicted molar refractivity (Wildman–Crippen MR) is 133 cm³/mol. The number of carbonyl (C=O) groups is 1. The Morgan fingerprint density at radius 3 is 2.67 bits per heavy atom. The van der Waals surface area contributed by atoms with Crippen molar-refractivity contribution in [2.24, 2.45) is 10.1 Å². The fourth-order valence-electron chi connectivity index (χ4n) is 3.48. The lowest BCUT2D eigenvalue weighted by Crippen LogP contribution is -2.35. The van der Waals surface area contributed by atoms with Crippen LogP contribution in [0.4, 0.5) is 0 Å². The summed E-state index contributed by atoms with van der Waals surface area (Å²) in [6, 6.07) is 15.4. The Kier molecular flexibility index (Phi) is 6.93. The summed E-state index contributed by atoms with van der Waals surface area (Å²) in [6.45, 7) is 6.43. The van der Waals surface area contributed by atoms with E-state index in [1.54, 1.807) is 6.08 Å².